The number of benzene rings is 2. The van der Waals surface area contributed by atoms with Crippen molar-refractivity contribution < 1.29 is 0 Å². The molecule has 18 heavy (non-hydrogen) atoms. The summed E-state index contributed by atoms with van der Waals surface area (Å²) < 4.78 is 0.922. The molecule has 0 bridgehead atoms. The molecule has 3 rings (SSSR count). The van der Waals surface area contributed by atoms with Crippen LogP contribution in [0.3, 0.4) is 0 Å². The average molecular weight is 299 g/mol. The zero-order valence-electron chi connectivity index (χ0n) is 9.18. The van der Waals surface area contributed by atoms with Crippen molar-refractivity contribution in [3.05, 3.63) is 46.6 Å². The molecular formula is C13H7BrN4. The lowest BCUT2D eigenvalue weighted by atomic mass is 10.0. The van der Waals surface area contributed by atoms with Crippen molar-refractivity contribution in [2.75, 3.05) is 0 Å². The lowest BCUT2D eigenvalue weighted by Crippen LogP contribution is -1.86. The Labute approximate surface area is 111 Å². The van der Waals surface area contributed by atoms with Crippen molar-refractivity contribution >= 4 is 26.7 Å². The topological polar surface area (TPSA) is 65.4 Å². The van der Waals surface area contributed by atoms with Gasteiger partial charge in [0, 0.05) is 10.0 Å². The van der Waals surface area contributed by atoms with Gasteiger partial charge in [-0.15, -0.1) is 5.10 Å². The summed E-state index contributed by atoms with van der Waals surface area (Å²) in [5.41, 5.74) is 1.72. The van der Waals surface area contributed by atoms with E-state index in [4.69, 9.17) is 5.26 Å². The molecule has 0 spiro atoms. The molecule has 0 unspecified atom stereocenters. The first-order valence-corrected chi connectivity index (χ1v) is 6.09. The van der Waals surface area contributed by atoms with Crippen molar-refractivity contribution in [1.82, 2.24) is 15.4 Å². The third-order valence-electron chi connectivity index (χ3n) is 2.77. The van der Waals surface area contributed by atoms with Gasteiger partial charge < -0.3 is 0 Å². The fourth-order valence-corrected chi connectivity index (χ4v) is 2.59. The molecule has 0 aliphatic rings. The summed E-state index contributed by atoms with van der Waals surface area (Å²) in [4.78, 5) is 0. The molecule has 0 fully saturated rings. The summed E-state index contributed by atoms with van der Waals surface area (Å²) in [6.45, 7) is 0. The number of halogens is 1. The molecule has 0 amide bonds. The Morgan fingerprint density at radius 3 is 2.78 bits per heavy atom. The standard InChI is InChI=1S/C13H7BrN4/c14-12-9-4-2-1-3-8(9)5-6-10(12)13-11(7-15)16-18-17-13/h1-6H,(H,16,17,18). The van der Waals surface area contributed by atoms with Crippen molar-refractivity contribution in [3.63, 3.8) is 0 Å². The average Bonchev–Trinajstić information content (AvgIpc) is 2.88. The number of hydrogen-bond acceptors (Lipinski definition) is 3. The molecule has 1 aromatic heterocycles. The first kappa shape index (κ1) is 10.9. The van der Waals surface area contributed by atoms with E-state index in [1.165, 1.54) is 0 Å². The van der Waals surface area contributed by atoms with Crippen LogP contribution in [0.25, 0.3) is 22.0 Å². The van der Waals surface area contributed by atoms with Crippen LogP contribution in [0.1, 0.15) is 5.69 Å². The molecule has 4 nitrogen and oxygen atoms in total. The highest BCUT2D eigenvalue weighted by Gasteiger charge is 2.14. The van der Waals surface area contributed by atoms with E-state index >= 15 is 0 Å². The summed E-state index contributed by atoms with van der Waals surface area (Å²) in [6.07, 6.45) is 0. The van der Waals surface area contributed by atoms with Crippen LogP contribution in [0.4, 0.5) is 0 Å². The predicted octanol–water partition coefficient (Wildman–Crippen LogP) is 3.26. The van der Waals surface area contributed by atoms with Gasteiger partial charge in [0.2, 0.25) is 0 Å². The largest absolute Gasteiger partial charge is 0.196 e. The van der Waals surface area contributed by atoms with Gasteiger partial charge in [-0.05, 0) is 26.7 Å². The summed E-state index contributed by atoms with van der Waals surface area (Å²) in [5.74, 6) is 0. The minimum atomic E-state index is 0.297. The third-order valence-corrected chi connectivity index (χ3v) is 3.63. The molecule has 0 saturated carbocycles. The molecule has 86 valence electrons. The van der Waals surface area contributed by atoms with Crippen LogP contribution < -0.4 is 0 Å². The zero-order chi connectivity index (χ0) is 12.5. The SMILES string of the molecule is N#Cc1n[nH]nc1-c1ccc2ccccc2c1Br. The first-order chi connectivity index (χ1) is 8.81. The maximum absolute atomic E-state index is 8.98. The van der Waals surface area contributed by atoms with Crippen LogP contribution in [0.5, 0.6) is 0 Å². The van der Waals surface area contributed by atoms with Crippen molar-refractivity contribution in [3.8, 4) is 17.3 Å². The second kappa shape index (κ2) is 4.24. The van der Waals surface area contributed by atoms with E-state index in [1.807, 2.05) is 42.5 Å². The van der Waals surface area contributed by atoms with Crippen LogP contribution in [-0.2, 0) is 0 Å². The number of fused-ring (bicyclic) bond motifs is 1. The Kier molecular flexibility index (Phi) is 2.58. The minimum absolute atomic E-state index is 0.297. The molecule has 1 heterocycles. The second-order valence-corrected chi connectivity index (χ2v) is 4.57. The molecule has 2 aromatic carbocycles. The summed E-state index contributed by atoms with van der Waals surface area (Å²) in [7, 11) is 0. The molecule has 0 saturated heterocycles. The maximum atomic E-state index is 8.98. The van der Waals surface area contributed by atoms with E-state index in [1.54, 1.807) is 0 Å². The number of rotatable bonds is 1. The van der Waals surface area contributed by atoms with Crippen molar-refractivity contribution in [2.45, 2.75) is 0 Å². The Bertz CT molecular complexity index is 770. The van der Waals surface area contributed by atoms with Crippen LogP contribution >= 0.6 is 15.9 Å². The highest BCUT2D eigenvalue weighted by Crippen LogP contribution is 2.34. The van der Waals surface area contributed by atoms with Crippen LogP contribution in [0.15, 0.2) is 40.9 Å². The number of nitrogens with zero attached hydrogens (tertiary/aromatic N) is 3. The van der Waals surface area contributed by atoms with Crippen LogP contribution in [0, 0.1) is 11.3 Å². The smallest absolute Gasteiger partial charge is 0.190 e. The van der Waals surface area contributed by atoms with Gasteiger partial charge >= 0.3 is 0 Å². The Balaban J connectivity index is 2.32. The van der Waals surface area contributed by atoms with Crippen molar-refractivity contribution in [1.29, 1.82) is 5.26 Å². The highest BCUT2D eigenvalue weighted by molar-refractivity contribution is 9.10. The highest BCUT2D eigenvalue weighted by atomic mass is 79.9. The fourth-order valence-electron chi connectivity index (χ4n) is 1.91. The van der Waals surface area contributed by atoms with E-state index in [0.717, 1.165) is 20.8 Å². The van der Waals surface area contributed by atoms with Gasteiger partial charge in [-0.2, -0.15) is 15.6 Å². The van der Waals surface area contributed by atoms with Gasteiger partial charge in [-0.3, -0.25) is 0 Å². The van der Waals surface area contributed by atoms with E-state index in [-0.39, 0.29) is 0 Å². The number of hydrogen-bond donors (Lipinski definition) is 1. The number of H-pyrrole nitrogens is 1. The molecule has 0 aliphatic carbocycles. The van der Waals surface area contributed by atoms with Gasteiger partial charge in [0.05, 0.1) is 0 Å². The minimum Gasteiger partial charge on any atom is -0.196 e. The predicted molar refractivity (Wildman–Crippen MR) is 71.7 cm³/mol. The van der Waals surface area contributed by atoms with Crippen molar-refractivity contribution in [2.24, 2.45) is 0 Å². The van der Waals surface area contributed by atoms with Crippen LogP contribution in [-0.4, -0.2) is 15.4 Å². The van der Waals surface area contributed by atoms with E-state index in [0.29, 0.717) is 11.4 Å². The van der Waals surface area contributed by atoms with Gasteiger partial charge in [0.25, 0.3) is 0 Å². The number of aromatic amines is 1. The summed E-state index contributed by atoms with van der Waals surface area (Å²) >= 11 is 3.58. The number of nitriles is 1. The van der Waals surface area contributed by atoms with E-state index in [2.05, 4.69) is 31.3 Å². The van der Waals surface area contributed by atoms with Gasteiger partial charge in [-0.1, -0.05) is 36.4 Å². The monoisotopic (exact) mass is 298 g/mol. The lowest BCUT2D eigenvalue weighted by molar-refractivity contribution is 0.937. The number of nitrogens with one attached hydrogen (secondary N) is 1. The second-order valence-electron chi connectivity index (χ2n) is 3.78. The summed E-state index contributed by atoms with van der Waals surface area (Å²) in [5, 5.41) is 21.5. The molecule has 1 N–H and O–H groups in total. The first-order valence-electron chi connectivity index (χ1n) is 5.30. The number of aromatic nitrogens is 3. The fraction of sp³-hybridized carbons (Fsp3) is 0. The van der Waals surface area contributed by atoms with Gasteiger partial charge in [0.15, 0.2) is 5.69 Å². The van der Waals surface area contributed by atoms with Gasteiger partial charge in [-0.25, -0.2) is 0 Å². The molecule has 0 aliphatic heterocycles. The molecule has 0 atom stereocenters. The Morgan fingerprint density at radius 2 is 1.94 bits per heavy atom. The van der Waals surface area contributed by atoms with Crippen LogP contribution in [0.2, 0.25) is 0 Å². The van der Waals surface area contributed by atoms with E-state index in [9.17, 15) is 0 Å². The Morgan fingerprint density at radius 1 is 1.11 bits per heavy atom. The van der Waals surface area contributed by atoms with E-state index < -0.39 is 0 Å². The molecule has 0 radical (unpaired) electrons. The zero-order valence-corrected chi connectivity index (χ0v) is 10.8. The quantitative estimate of drug-likeness (QED) is 0.750. The lowest BCUT2D eigenvalue weighted by Gasteiger charge is -2.05. The maximum Gasteiger partial charge on any atom is 0.190 e. The van der Waals surface area contributed by atoms with Gasteiger partial charge in [0.1, 0.15) is 11.8 Å². The normalized spacial score (nSPS) is 10.4. The molecule has 3 aromatic rings. The summed E-state index contributed by atoms with van der Waals surface area (Å²) in [6, 6.07) is 14.0. The molecule has 5 heteroatoms. The molecular weight excluding hydrogens is 292 g/mol. The Hall–Kier alpha value is -2.19. The third kappa shape index (κ3) is 1.59.